The van der Waals surface area contributed by atoms with Crippen molar-refractivity contribution in [3.05, 3.63) is 34.3 Å². The van der Waals surface area contributed by atoms with Crippen LogP contribution in [-0.2, 0) is 6.54 Å². The van der Waals surface area contributed by atoms with Crippen LogP contribution in [0.25, 0.3) is 0 Å². The standard InChI is InChI=1S/C14H21ClN2/c1-11-3-4-12(14(15)9-11)10-17(2)8-7-16-13-5-6-13/h3-4,9,13,16H,5-8,10H2,1-2H3. The van der Waals surface area contributed by atoms with Crippen molar-refractivity contribution in [2.75, 3.05) is 20.1 Å². The quantitative estimate of drug-likeness (QED) is 0.838. The van der Waals surface area contributed by atoms with Gasteiger partial charge in [-0.15, -0.1) is 0 Å². The van der Waals surface area contributed by atoms with Crippen LogP contribution in [0.4, 0.5) is 0 Å². The molecule has 1 aromatic carbocycles. The predicted octanol–water partition coefficient (Wildman–Crippen LogP) is 2.83. The van der Waals surface area contributed by atoms with E-state index in [9.17, 15) is 0 Å². The minimum Gasteiger partial charge on any atom is -0.313 e. The Morgan fingerprint density at radius 1 is 1.41 bits per heavy atom. The molecular formula is C14H21ClN2. The summed E-state index contributed by atoms with van der Waals surface area (Å²) >= 11 is 6.23. The first-order valence-corrected chi connectivity index (χ1v) is 6.70. The van der Waals surface area contributed by atoms with Gasteiger partial charge in [0, 0.05) is 30.7 Å². The van der Waals surface area contributed by atoms with E-state index in [2.05, 4.69) is 36.3 Å². The van der Waals surface area contributed by atoms with Gasteiger partial charge in [0.2, 0.25) is 0 Å². The number of nitrogens with zero attached hydrogens (tertiary/aromatic N) is 1. The molecule has 1 saturated carbocycles. The zero-order valence-electron chi connectivity index (χ0n) is 10.7. The van der Waals surface area contributed by atoms with Crippen LogP contribution in [0.2, 0.25) is 5.02 Å². The van der Waals surface area contributed by atoms with Gasteiger partial charge in [0.05, 0.1) is 0 Å². The molecule has 0 aliphatic heterocycles. The lowest BCUT2D eigenvalue weighted by Gasteiger charge is -2.18. The molecule has 0 unspecified atom stereocenters. The van der Waals surface area contributed by atoms with Crippen LogP contribution in [0.3, 0.4) is 0 Å². The van der Waals surface area contributed by atoms with E-state index in [-0.39, 0.29) is 0 Å². The molecule has 0 heterocycles. The van der Waals surface area contributed by atoms with Gasteiger partial charge in [0.25, 0.3) is 0 Å². The highest BCUT2D eigenvalue weighted by molar-refractivity contribution is 6.31. The minimum atomic E-state index is 0.798. The van der Waals surface area contributed by atoms with Crippen LogP contribution in [0.1, 0.15) is 24.0 Å². The number of hydrogen-bond donors (Lipinski definition) is 1. The summed E-state index contributed by atoms with van der Waals surface area (Å²) in [5.74, 6) is 0. The zero-order chi connectivity index (χ0) is 12.3. The second-order valence-corrected chi connectivity index (χ2v) is 5.47. The first-order chi connectivity index (χ1) is 8.15. The Kier molecular flexibility index (Phi) is 4.43. The number of halogens is 1. The van der Waals surface area contributed by atoms with E-state index >= 15 is 0 Å². The number of benzene rings is 1. The first kappa shape index (κ1) is 12.9. The smallest absolute Gasteiger partial charge is 0.0453 e. The van der Waals surface area contributed by atoms with Crippen molar-refractivity contribution in [1.82, 2.24) is 10.2 Å². The average molecular weight is 253 g/mol. The summed E-state index contributed by atoms with van der Waals surface area (Å²) in [7, 11) is 2.14. The van der Waals surface area contributed by atoms with Gasteiger partial charge in [-0.05, 0) is 44.0 Å². The molecule has 1 aliphatic rings. The van der Waals surface area contributed by atoms with Gasteiger partial charge in [-0.1, -0.05) is 23.7 Å². The highest BCUT2D eigenvalue weighted by Gasteiger charge is 2.19. The molecule has 0 atom stereocenters. The second kappa shape index (κ2) is 5.85. The second-order valence-electron chi connectivity index (χ2n) is 5.06. The fourth-order valence-electron chi connectivity index (χ4n) is 1.90. The van der Waals surface area contributed by atoms with Crippen LogP contribution >= 0.6 is 11.6 Å². The van der Waals surface area contributed by atoms with Gasteiger partial charge in [0.1, 0.15) is 0 Å². The Balaban J connectivity index is 1.77. The Labute approximate surface area is 109 Å². The molecule has 1 aliphatic carbocycles. The predicted molar refractivity (Wildman–Crippen MR) is 73.5 cm³/mol. The summed E-state index contributed by atoms with van der Waals surface area (Å²) < 4.78 is 0. The first-order valence-electron chi connectivity index (χ1n) is 6.32. The number of rotatable bonds is 6. The van der Waals surface area contributed by atoms with E-state index in [0.717, 1.165) is 30.7 Å². The van der Waals surface area contributed by atoms with E-state index in [0.29, 0.717) is 0 Å². The summed E-state index contributed by atoms with van der Waals surface area (Å²) in [6, 6.07) is 7.08. The molecule has 94 valence electrons. The van der Waals surface area contributed by atoms with Gasteiger partial charge >= 0.3 is 0 Å². The van der Waals surface area contributed by atoms with Crippen molar-refractivity contribution in [1.29, 1.82) is 0 Å². The lowest BCUT2D eigenvalue weighted by Crippen LogP contribution is -2.30. The van der Waals surface area contributed by atoms with Crippen LogP contribution in [0, 0.1) is 6.92 Å². The fourth-order valence-corrected chi connectivity index (χ4v) is 2.19. The molecule has 0 bridgehead atoms. The largest absolute Gasteiger partial charge is 0.313 e. The highest BCUT2D eigenvalue weighted by atomic mass is 35.5. The molecule has 0 amide bonds. The van der Waals surface area contributed by atoms with Crippen LogP contribution in [0.5, 0.6) is 0 Å². The highest BCUT2D eigenvalue weighted by Crippen LogP contribution is 2.19. The van der Waals surface area contributed by atoms with Gasteiger partial charge < -0.3 is 10.2 Å². The third kappa shape index (κ3) is 4.30. The Hall–Kier alpha value is -0.570. The summed E-state index contributed by atoms with van der Waals surface area (Å²) in [5, 5.41) is 4.40. The molecule has 0 radical (unpaired) electrons. The van der Waals surface area contributed by atoms with E-state index in [1.54, 1.807) is 0 Å². The number of nitrogens with one attached hydrogen (secondary N) is 1. The van der Waals surface area contributed by atoms with Crippen LogP contribution < -0.4 is 5.32 Å². The van der Waals surface area contributed by atoms with Crippen molar-refractivity contribution in [3.8, 4) is 0 Å². The molecule has 3 heteroatoms. The van der Waals surface area contributed by atoms with Crippen molar-refractivity contribution in [2.24, 2.45) is 0 Å². The summed E-state index contributed by atoms with van der Waals surface area (Å²) in [5.41, 5.74) is 2.43. The molecule has 17 heavy (non-hydrogen) atoms. The van der Waals surface area contributed by atoms with Gasteiger partial charge in [-0.3, -0.25) is 0 Å². The van der Waals surface area contributed by atoms with Crippen molar-refractivity contribution < 1.29 is 0 Å². The molecule has 1 N–H and O–H groups in total. The van der Waals surface area contributed by atoms with Gasteiger partial charge in [-0.2, -0.15) is 0 Å². The molecule has 0 aromatic heterocycles. The molecule has 0 spiro atoms. The van der Waals surface area contributed by atoms with E-state index in [1.807, 2.05) is 6.07 Å². The van der Waals surface area contributed by atoms with Crippen LogP contribution in [0.15, 0.2) is 18.2 Å². The SMILES string of the molecule is Cc1ccc(CN(C)CCNC2CC2)c(Cl)c1. The Bertz CT molecular complexity index is 374. The monoisotopic (exact) mass is 252 g/mol. The maximum Gasteiger partial charge on any atom is 0.0453 e. The van der Waals surface area contributed by atoms with Gasteiger partial charge in [0.15, 0.2) is 0 Å². The van der Waals surface area contributed by atoms with Gasteiger partial charge in [-0.25, -0.2) is 0 Å². The summed E-state index contributed by atoms with van der Waals surface area (Å²) in [6.45, 7) is 5.13. The lowest BCUT2D eigenvalue weighted by atomic mass is 10.1. The molecule has 1 fully saturated rings. The number of aryl methyl sites for hydroxylation is 1. The fraction of sp³-hybridized carbons (Fsp3) is 0.571. The lowest BCUT2D eigenvalue weighted by molar-refractivity contribution is 0.324. The average Bonchev–Trinajstić information content (AvgIpc) is 3.06. The topological polar surface area (TPSA) is 15.3 Å². The maximum absolute atomic E-state index is 6.23. The summed E-state index contributed by atoms with van der Waals surface area (Å²) in [6.07, 6.45) is 2.71. The molecule has 1 aromatic rings. The molecule has 0 saturated heterocycles. The number of hydrogen-bond acceptors (Lipinski definition) is 2. The maximum atomic E-state index is 6.23. The Morgan fingerprint density at radius 3 is 2.82 bits per heavy atom. The summed E-state index contributed by atoms with van der Waals surface area (Å²) in [4.78, 5) is 2.31. The van der Waals surface area contributed by atoms with E-state index < -0.39 is 0 Å². The van der Waals surface area contributed by atoms with E-state index in [1.165, 1.54) is 24.0 Å². The van der Waals surface area contributed by atoms with Crippen molar-refractivity contribution in [3.63, 3.8) is 0 Å². The van der Waals surface area contributed by atoms with Crippen molar-refractivity contribution >= 4 is 11.6 Å². The van der Waals surface area contributed by atoms with Crippen LogP contribution in [-0.4, -0.2) is 31.1 Å². The molecular weight excluding hydrogens is 232 g/mol. The van der Waals surface area contributed by atoms with E-state index in [4.69, 9.17) is 11.6 Å². The normalized spacial score (nSPS) is 15.5. The minimum absolute atomic E-state index is 0.798. The molecule has 2 nitrogen and oxygen atoms in total. The Morgan fingerprint density at radius 2 is 2.18 bits per heavy atom. The third-order valence-electron chi connectivity index (χ3n) is 3.15. The zero-order valence-corrected chi connectivity index (χ0v) is 11.4. The van der Waals surface area contributed by atoms with Crippen molar-refractivity contribution in [2.45, 2.75) is 32.4 Å². The third-order valence-corrected chi connectivity index (χ3v) is 3.50. The number of likely N-dealkylation sites (N-methyl/N-ethyl adjacent to an activating group) is 1. The molecule has 2 rings (SSSR count).